The molecule has 1 aliphatic rings. The van der Waals surface area contributed by atoms with Crippen molar-refractivity contribution < 1.29 is 4.79 Å². The van der Waals surface area contributed by atoms with Crippen molar-refractivity contribution in [1.82, 2.24) is 20.3 Å². The highest BCUT2D eigenvalue weighted by Gasteiger charge is 2.29. The zero-order valence-electron chi connectivity index (χ0n) is 14.5. The third-order valence-corrected chi connectivity index (χ3v) is 9.36. The zero-order valence-corrected chi connectivity index (χ0v) is 16.3. The minimum atomic E-state index is -0.989. The molecule has 5 nitrogen and oxygen atoms in total. The van der Waals surface area contributed by atoms with Gasteiger partial charge in [0.15, 0.2) is 0 Å². The maximum atomic E-state index is 12.5. The van der Waals surface area contributed by atoms with Crippen LogP contribution in [-0.2, 0) is 0 Å². The Morgan fingerprint density at radius 3 is 2.68 bits per heavy atom. The number of rotatable bonds is 3. The van der Waals surface area contributed by atoms with Crippen molar-refractivity contribution in [2.45, 2.75) is 44.1 Å². The molecule has 1 fully saturated rings. The summed E-state index contributed by atoms with van der Waals surface area (Å²) in [6.07, 6.45) is 5.76. The topological polar surface area (TPSA) is 70.7 Å². The van der Waals surface area contributed by atoms with Crippen molar-refractivity contribution in [3.8, 4) is 10.6 Å². The van der Waals surface area contributed by atoms with Crippen molar-refractivity contribution >= 4 is 35.7 Å². The average Bonchev–Trinajstić information content (AvgIpc) is 3.16. The van der Waals surface area contributed by atoms with Gasteiger partial charge in [0.05, 0.1) is 4.70 Å². The number of thiazole rings is 1. The van der Waals surface area contributed by atoms with Gasteiger partial charge in [0.2, 0.25) is 0 Å². The van der Waals surface area contributed by atoms with Crippen molar-refractivity contribution in [3.63, 3.8) is 0 Å². The molecule has 1 aliphatic heterocycles. The molecule has 2 N–H and O–H groups in total. The fraction of sp³-hybridized carbons (Fsp3) is 0.389. The molecule has 130 valence electrons. The van der Waals surface area contributed by atoms with Crippen molar-refractivity contribution in [2.24, 2.45) is 0 Å². The van der Waals surface area contributed by atoms with Gasteiger partial charge < -0.3 is 10.3 Å². The normalized spacial score (nSPS) is 17.7. The van der Waals surface area contributed by atoms with E-state index in [0.29, 0.717) is 11.7 Å². The number of fused-ring (bicyclic) bond motifs is 1. The van der Waals surface area contributed by atoms with Crippen LogP contribution in [-0.4, -0.2) is 35.0 Å². The lowest BCUT2D eigenvalue weighted by molar-refractivity contribution is 0.0929. The third kappa shape index (κ3) is 3.52. The second-order valence-corrected chi connectivity index (χ2v) is 13.9. The Hall–Kier alpha value is -1.99. The smallest absolute Gasteiger partial charge is 0.268 e. The molecule has 4 rings (SSSR count). The number of nitrogens with one attached hydrogen (secondary N) is 2. The van der Waals surface area contributed by atoms with E-state index in [2.05, 4.69) is 33.4 Å². The summed E-state index contributed by atoms with van der Waals surface area (Å²) in [7, 11) is -0.989. The van der Waals surface area contributed by atoms with Gasteiger partial charge >= 0.3 is 0 Å². The van der Waals surface area contributed by atoms with E-state index in [-0.39, 0.29) is 5.91 Å². The molecule has 1 amide bonds. The summed E-state index contributed by atoms with van der Waals surface area (Å²) in [6, 6.07) is 8.71. The summed E-state index contributed by atoms with van der Waals surface area (Å²) in [5.41, 5.74) is 2.43. The summed E-state index contributed by atoms with van der Waals surface area (Å²) in [5, 5.41) is 4.13. The van der Waals surface area contributed by atoms with E-state index in [1.807, 2.05) is 18.2 Å². The Balaban J connectivity index is 1.47. The molecule has 0 saturated carbocycles. The number of carbonyl (C=O) groups is 1. The summed E-state index contributed by atoms with van der Waals surface area (Å²) in [5.74, 6) is -0.0120. The van der Waals surface area contributed by atoms with Crippen molar-refractivity contribution in [2.75, 3.05) is 0 Å². The average molecular weight is 371 g/mol. The molecule has 3 aromatic rings. The largest absolute Gasteiger partial charge is 0.348 e. The van der Waals surface area contributed by atoms with Gasteiger partial charge in [0.1, 0.15) is 16.3 Å². The standard InChI is InChI=1S/C18H22N4OSSi/c1-25(2)9-5-13(6-10-25)20-17(23)14-11-15-16(21-14)22-18(24-15)12-3-7-19-8-4-12/h3-4,7-8,11,13,21H,5-6,9-10H2,1-2H3,(H,20,23). The van der Waals surface area contributed by atoms with Gasteiger partial charge in [-0.2, -0.15) is 0 Å². The molecule has 0 spiro atoms. The summed E-state index contributed by atoms with van der Waals surface area (Å²) in [4.78, 5) is 24.4. The minimum absolute atomic E-state index is 0.0120. The van der Waals surface area contributed by atoms with Crippen molar-refractivity contribution in [3.05, 3.63) is 36.3 Å². The van der Waals surface area contributed by atoms with Gasteiger partial charge in [0, 0.05) is 32.1 Å². The van der Waals surface area contributed by atoms with Crippen LogP contribution < -0.4 is 5.32 Å². The van der Waals surface area contributed by atoms with Crippen LogP contribution in [0.1, 0.15) is 23.3 Å². The number of hydrogen-bond acceptors (Lipinski definition) is 4. The second kappa shape index (κ2) is 6.38. The van der Waals surface area contributed by atoms with Crippen LogP contribution >= 0.6 is 11.3 Å². The number of hydrogen-bond donors (Lipinski definition) is 2. The van der Waals surface area contributed by atoms with Gasteiger partial charge in [-0.25, -0.2) is 4.98 Å². The lowest BCUT2D eigenvalue weighted by atomic mass is 10.1. The van der Waals surface area contributed by atoms with E-state index in [1.54, 1.807) is 23.7 Å². The number of nitrogens with zero attached hydrogens (tertiary/aromatic N) is 2. The quantitative estimate of drug-likeness (QED) is 0.676. The highest BCUT2D eigenvalue weighted by atomic mass is 32.1. The number of amides is 1. The van der Waals surface area contributed by atoms with Gasteiger partial charge in [0.25, 0.3) is 5.91 Å². The Morgan fingerprint density at radius 2 is 2.00 bits per heavy atom. The number of carbonyl (C=O) groups excluding carboxylic acids is 1. The second-order valence-electron chi connectivity index (χ2n) is 7.56. The highest BCUT2D eigenvalue weighted by Crippen LogP contribution is 2.31. The lowest BCUT2D eigenvalue weighted by Crippen LogP contribution is -2.42. The van der Waals surface area contributed by atoms with Crippen LogP contribution in [0.5, 0.6) is 0 Å². The highest BCUT2D eigenvalue weighted by molar-refractivity contribution is 7.21. The molecule has 0 radical (unpaired) electrons. The van der Waals surface area contributed by atoms with E-state index in [9.17, 15) is 4.79 Å². The Bertz CT molecular complexity index is 861. The fourth-order valence-corrected chi connectivity index (χ4v) is 6.84. The monoisotopic (exact) mass is 370 g/mol. The first-order valence-electron chi connectivity index (χ1n) is 8.71. The number of pyridine rings is 1. The molecule has 25 heavy (non-hydrogen) atoms. The van der Waals surface area contributed by atoms with E-state index >= 15 is 0 Å². The maximum Gasteiger partial charge on any atom is 0.268 e. The Morgan fingerprint density at radius 1 is 1.28 bits per heavy atom. The molecule has 3 aromatic heterocycles. The molecule has 0 atom stereocenters. The molecular formula is C18H22N4OSSi. The first-order chi connectivity index (χ1) is 12.0. The van der Waals surface area contributed by atoms with E-state index in [1.165, 1.54) is 12.1 Å². The predicted octanol–water partition coefficient (Wildman–Crippen LogP) is 4.29. The van der Waals surface area contributed by atoms with Crippen LogP contribution in [0.2, 0.25) is 25.2 Å². The van der Waals surface area contributed by atoms with Gasteiger partial charge in [-0.05, 0) is 31.0 Å². The molecule has 0 bridgehead atoms. The summed E-state index contributed by atoms with van der Waals surface area (Å²) >= 11 is 1.59. The van der Waals surface area contributed by atoms with Gasteiger partial charge in [-0.3, -0.25) is 9.78 Å². The first kappa shape index (κ1) is 16.5. The van der Waals surface area contributed by atoms with E-state index in [4.69, 9.17) is 0 Å². The molecule has 1 saturated heterocycles. The SMILES string of the molecule is C[Si]1(C)CCC(NC(=O)c2cc3sc(-c4ccncc4)nc3[nH]2)CC1. The predicted molar refractivity (Wildman–Crippen MR) is 105 cm³/mol. The van der Waals surface area contributed by atoms with E-state index in [0.717, 1.165) is 33.8 Å². The summed E-state index contributed by atoms with van der Waals surface area (Å²) in [6.45, 7) is 4.88. The van der Waals surface area contributed by atoms with Crippen LogP contribution in [0.3, 0.4) is 0 Å². The molecule has 0 unspecified atom stereocenters. The summed E-state index contributed by atoms with van der Waals surface area (Å²) < 4.78 is 1.01. The third-order valence-electron chi connectivity index (χ3n) is 5.03. The van der Waals surface area contributed by atoms with Crippen LogP contribution in [0, 0.1) is 0 Å². The van der Waals surface area contributed by atoms with Gasteiger partial charge in [-0.1, -0.05) is 25.2 Å². The van der Waals surface area contributed by atoms with Crippen molar-refractivity contribution in [1.29, 1.82) is 0 Å². The van der Waals surface area contributed by atoms with Gasteiger partial charge in [-0.15, -0.1) is 11.3 Å². The molecule has 0 aliphatic carbocycles. The maximum absolute atomic E-state index is 12.5. The number of aromatic amines is 1. The van der Waals surface area contributed by atoms with Crippen LogP contribution in [0.15, 0.2) is 30.6 Å². The number of H-pyrrole nitrogens is 1. The fourth-order valence-electron chi connectivity index (χ4n) is 3.36. The lowest BCUT2D eigenvalue weighted by Gasteiger charge is -2.33. The molecular weight excluding hydrogens is 348 g/mol. The van der Waals surface area contributed by atoms with E-state index < -0.39 is 8.07 Å². The Kier molecular flexibility index (Phi) is 4.21. The molecule has 7 heteroatoms. The Labute approximate surface area is 151 Å². The minimum Gasteiger partial charge on any atom is -0.348 e. The molecule has 4 heterocycles. The van der Waals surface area contributed by atoms with Crippen LogP contribution in [0.4, 0.5) is 0 Å². The number of aromatic nitrogens is 3. The first-order valence-corrected chi connectivity index (χ1v) is 12.9. The van der Waals surface area contributed by atoms with Crippen LogP contribution in [0.25, 0.3) is 20.9 Å². The molecule has 0 aromatic carbocycles. The zero-order chi connectivity index (χ0) is 17.4.